The van der Waals surface area contributed by atoms with E-state index in [9.17, 15) is 5.11 Å². The zero-order valence-corrected chi connectivity index (χ0v) is 16.1. The minimum absolute atomic E-state index is 0.0329. The lowest BCUT2D eigenvalue weighted by Gasteiger charge is -2.32. The molecular weight excluding hydrogens is 298 g/mol. The molecule has 1 aliphatic rings. The lowest BCUT2D eigenvalue weighted by molar-refractivity contribution is 0.0556. The number of ether oxygens (including phenoxy) is 1. The van der Waals surface area contributed by atoms with Crippen LogP contribution in [0.15, 0.2) is 18.2 Å². The van der Waals surface area contributed by atoms with Gasteiger partial charge in [-0.3, -0.25) is 0 Å². The molecule has 0 aliphatic heterocycles. The van der Waals surface area contributed by atoms with Gasteiger partial charge in [0, 0.05) is 12.6 Å². The molecule has 1 unspecified atom stereocenters. The number of aliphatic hydroxyl groups excluding tert-OH is 1. The van der Waals surface area contributed by atoms with Crippen LogP contribution in [0.3, 0.4) is 0 Å². The van der Waals surface area contributed by atoms with Crippen LogP contribution in [0.2, 0.25) is 0 Å². The van der Waals surface area contributed by atoms with Crippen LogP contribution in [0.1, 0.15) is 64.0 Å². The molecule has 1 atom stereocenters. The average Bonchev–Trinajstić information content (AvgIpc) is 2.53. The Morgan fingerprint density at radius 1 is 1.21 bits per heavy atom. The van der Waals surface area contributed by atoms with Crippen LogP contribution < -0.4 is 4.74 Å². The van der Waals surface area contributed by atoms with Gasteiger partial charge in [0.05, 0.1) is 0 Å². The summed E-state index contributed by atoms with van der Waals surface area (Å²) < 4.78 is 5.99. The normalized spacial score (nSPS) is 18.0. The molecule has 136 valence electrons. The first-order valence-electron chi connectivity index (χ1n) is 9.39. The summed E-state index contributed by atoms with van der Waals surface area (Å²) in [6.07, 6.45) is 6.07. The second-order valence-electron chi connectivity index (χ2n) is 8.45. The predicted octanol–water partition coefficient (Wildman–Crippen LogP) is 4.30. The Hall–Kier alpha value is -1.06. The average molecular weight is 334 g/mol. The minimum Gasteiger partial charge on any atom is -0.491 e. The molecule has 0 aromatic heterocycles. The number of aryl methyl sites for hydroxylation is 1. The van der Waals surface area contributed by atoms with Gasteiger partial charge in [0.1, 0.15) is 18.5 Å². The molecule has 1 fully saturated rings. The molecule has 1 saturated carbocycles. The van der Waals surface area contributed by atoms with E-state index in [1.165, 1.54) is 43.2 Å². The van der Waals surface area contributed by atoms with Crippen LogP contribution in [0.25, 0.3) is 0 Å². The van der Waals surface area contributed by atoms with Crippen LogP contribution in [0.5, 0.6) is 5.75 Å². The fraction of sp³-hybridized carbons (Fsp3) is 0.714. The van der Waals surface area contributed by atoms with Crippen LogP contribution in [-0.4, -0.2) is 42.4 Å². The molecule has 1 aromatic rings. The van der Waals surface area contributed by atoms with Crippen molar-refractivity contribution in [2.24, 2.45) is 0 Å². The number of nitrogens with zero attached hydrogens (tertiary/aromatic N) is 1. The topological polar surface area (TPSA) is 32.7 Å². The molecule has 3 nitrogen and oxygen atoms in total. The number of hydrogen-bond acceptors (Lipinski definition) is 3. The summed E-state index contributed by atoms with van der Waals surface area (Å²) in [5.74, 6) is 0.896. The SMILES string of the molecule is Cc1ccc(OCC(O)CN(C)C2CCCCC2)c(C(C)(C)C)c1. The molecule has 0 amide bonds. The Labute approximate surface area is 148 Å². The maximum atomic E-state index is 10.4. The van der Waals surface area contributed by atoms with Crippen molar-refractivity contribution in [2.45, 2.75) is 77.4 Å². The number of benzene rings is 1. The van der Waals surface area contributed by atoms with Crippen LogP contribution in [0.4, 0.5) is 0 Å². The predicted molar refractivity (Wildman–Crippen MR) is 101 cm³/mol. The Kier molecular flexibility index (Phi) is 6.70. The summed E-state index contributed by atoms with van der Waals surface area (Å²) in [5, 5.41) is 10.4. The van der Waals surface area contributed by atoms with Crippen molar-refractivity contribution in [3.8, 4) is 5.75 Å². The van der Waals surface area contributed by atoms with Gasteiger partial charge in [-0.1, -0.05) is 57.7 Å². The molecule has 1 aromatic carbocycles. The summed E-state index contributed by atoms with van der Waals surface area (Å²) >= 11 is 0. The molecular formula is C21H35NO2. The molecule has 24 heavy (non-hydrogen) atoms. The van der Waals surface area contributed by atoms with Crippen LogP contribution in [-0.2, 0) is 5.41 Å². The third-order valence-electron chi connectivity index (χ3n) is 5.07. The first kappa shape index (κ1) is 19.3. The molecule has 0 spiro atoms. The number of likely N-dealkylation sites (N-methyl/N-ethyl adjacent to an activating group) is 1. The van der Waals surface area contributed by atoms with Crippen LogP contribution >= 0.6 is 0 Å². The van der Waals surface area contributed by atoms with Crippen molar-refractivity contribution in [1.82, 2.24) is 4.90 Å². The highest BCUT2D eigenvalue weighted by molar-refractivity contribution is 5.41. The maximum Gasteiger partial charge on any atom is 0.123 e. The van der Waals surface area contributed by atoms with Crippen molar-refractivity contribution in [3.63, 3.8) is 0 Å². The third kappa shape index (κ3) is 5.49. The summed E-state index contributed by atoms with van der Waals surface area (Å²) in [6, 6.07) is 6.92. The van der Waals surface area contributed by atoms with Gasteiger partial charge in [0.2, 0.25) is 0 Å². The van der Waals surface area contributed by atoms with E-state index in [2.05, 4.69) is 51.8 Å². The van der Waals surface area contributed by atoms with Gasteiger partial charge in [0.15, 0.2) is 0 Å². The monoisotopic (exact) mass is 333 g/mol. The maximum absolute atomic E-state index is 10.4. The van der Waals surface area contributed by atoms with E-state index in [-0.39, 0.29) is 5.41 Å². The van der Waals surface area contributed by atoms with Gasteiger partial charge in [-0.15, -0.1) is 0 Å². The Balaban J connectivity index is 1.90. The Morgan fingerprint density at radius 3 is 2.50 bits per heavy atom. The van der Waals surface area contributed by atoms with Gasteiger partial charge in [-0.25, -0.2) is 0 Å². The van der Waals surface area contributed by atoms with Gasteiger partial charge >= 0.3 is 0 Å². The molecule has 3 heteroatoms. The molecule has 0 bridgehead atoms. The van der Waals surface area contributed by atoms with Gasteiger partial charge in [-0.2, -0.15) is 0 Å². The van der Waals surface area contributed by atoms with Gasteiger partial charge in [0.25, 0.3) is 0 Å². The highest BCUT2D eigenvalue weighted by Crippen LogP contribution is 2.32. The molecule has 0 saturated heterocycles. The van der Waals surface area contributed by atoms with Gasteiger partial charge < -0.3 is 14.7 Å². The van der Waals surface area contributed by atoms with Crippen molar-refractivity contribution < 1.29 is 9.84 Å². The third-order valence-corrected chi connectivity index (χ3v) is 5.07. The smallest absolute Gasteiger partial charge is 0.123 e. The lowest BCUT2D eigenvalue weighted by Crippen LogP contribution is -2.40. The van der Waals surface area contributed by atoms with E-state index in [4.69, 9.17) is 4.74 Å². The lowest BCUT2D eigenvalue weighted by atomic mass is 9.85. The van der Waals surface area contributed by atoms with Crippen molar-refractivity contribution >= 4 is 0 Å². The molecule has 0 heterocycles. The van der Waals surface area contributed by atoms with E-state index >= 15 is 0 Å². The first-order chi connectivity index (χ1) is 11.3. The van der Waals surface area contributed by atoms with Crippen LogP contribution in [0, 0.1) is 6.92 Å². The summed E-state index contributed by atoms with van der Waals surface area (Å²) in [7, 11) is 2.13. The molecule has 1 aliphatic carbocycles. The minimum atomic E-state index is -0.453. The second-order valence-corrected chi connectivity index (χ2v) is 8.45. The summed E-state index contributed by atoms with van der Waals surface area (Å²) in [4.78, 5) is 2.31. The van der Waals surface area contributed by atoms with E-state index in [1.807, 2.05) is 6.07 Å². The zero-order chi connectivity index (χ0) is 17.7. The Bertz CT molecular complexity index is 515. The highest BCUT2D eigenvalue weighted by atomic mass is 16.5. The second kappa shape index (κ2) is 8.35. The molecule has 0 radical (unpaired) electrons. The van der Waals surface area contributed by atoms with E-state index < -0.39 is 6.10 Å². The van der Waals surface area contributed by atoms with E-state index in [1.54, 1.807) is 0 Å². The largest absolute Gasteiger partial charge is 0.491 e. The number of hydrogen-bond donors (Lipinski definition) is 1. The zero-order valence-electron chi connectivity index (χ0n) is 16.1. The van der Waals surface area contributed by atoms with Crippen molar-refractivity contribution in [3.05, 3.63) is 29.3 Å². The summed E-state index contributed by atoms with van der Waals surface area (Å²) in [6.45, 7) is 9.73. The highest BCUT2D eigenvalue weighted by Gasteiger charge is 2.22. The van der Waals surface area contributed by atoms with E-state index in [0.717, 1.165) is 5.75 Å². The number of rotatable bonds is 6. The van der Waals surface area contributed by atoms with Gasteiger partial charge in [-0.05, 0) is 43.9 Å². The number of aliphatic hydroxyl groups is 1. The Morgan fingerprint density at radius 2 is 1.88 bits per heavy atom. The summed E-state index contributed by atoms with van der Waals surface area (Å²) in [5.41, 5.74) is 2.48. The fourth-order valence-electron chi connectivity index (χ4n) is 3.60. The fourth-order valence-corrected chi connectivity index (χ4v) is 3.60. The van der Waals surface area contributed by atoms with Crippen molar-refractivity contribution in [2.75, 3.05) is 20.2 Å². The first-order valence-corrected chi connectivity index (χ1v) is 9.39. The molecule has 2 rings (SSSR count). The van der Waals surface area contributed by atoms with E-state index in [0.29, 0.717) is 19.2 Å². The standard InChI is InChI=1S/C21H35NO2/c1-16-11-12-20(19(13-16)21(2,3)4)24-15-18(23)14-22(5)17-9-7-6-8-10-17/h11-13,17-18,23H,6-10,14-15H2,1-5H3. The van der Waals surface area contributed by atoms with Crippen molar-refractivity contribution in [1.29, 1.82) is 0 Å². The molecule has 1 N–H and O–H groups in total. The quantitative estimate of drug-likeness (QED) is 0.842.